The van der Waals surface area contributed by atoms with Crippen LogP contribution >= 0.6 is 12.2 Å². The van der Waals surface area contributed by atoms with Gasteiger partial charge < -0.3 is 11.1 Å². The van der Waals surface area contributed by atoms with Gasteiger partial charge in [-0.25, -0.2) is 0 Å². The molecule has 4 nitrogen and oxygen atoms in total. The van der Waals surface area contributed by atoms with E-state index in [0.29, 0.717) is 22.8 Å². The number of nitrogens with one attached hydrogen (secondary N) is 1. The largest absolute Gasteiger partial charge is 0.389 e. The molecule has 0 aliphatic heterocycles. The third kappa shape index (κ3) is 4.13. The number of anilines is 1. The molecule has 0 saturated carbocycles. The summed E-state index contributed by atoms with van der Waals surface area (Å²) in [6.07, 6.45) is 2.26. The number of nitrogens with two attached hydrogens (primary N) is 1. The Kier molecular flexibility index (Phi) is 5.66. The van der Waals surface area contributed by atoms with Crippen LogP contribution in [0.5, 0.6) is 0 Å². The lowest BCUT2D eigenvalue weighted by molar-refractivity contribution is 0.483. The molecule has 0 saturated heterocycles. The number of thiocarbonyl (C=S) groups is 1. The van der Waals surface area contributed by atoms with E-state index < -0.39 is 0 Å². The van der Waals surface area contributed by atoms with Crippen molar-refractivity contribution in [1.82, 2.24) is 10.2 Å². The Balaban J connectivity index is 2.95. The lowest BCUT2D eigenvalue weighted by Gasteiger charge is -2.20. The number of hydrogen-bond acceptors (Lipinski definition) is 4. The van der Waals surface area contributed by atoms with E-state index in [9.17, 15) is 0 Å². The van der Waals surface area contributed by atoms with Gasteiger partial charge in [-0.2, -0.15) is 5.10 Å². The van der Waals surface area contributed by atoms with E-state index in [1.54, 1.807) is 0 Å². The van der Waals surface area contributed by atoms with Crippen LogP contribution < -0.4 is 11.1 Å². The molecule has 106 valence electrons. The molecule has 1 aromatic rings. The highest BCUT2D eigenvalue weighted by Gasteiger charge is 2.16. The van der Waals surface area contributed by atoms with E-state index >= 15 is 0 Å². The SMILES string of the molecule is CCC(C)CC(C)Nc1nnc(C)c(C)c1C(N)=S. The molecule has 3 N–H and O–H groups in total. The van der Waals surface area contributed by atoms with Gasteiger partial charge in [0.05, 0.1) is 11.3 Å². The molecule has 1 aromatic heterocycles. The summed E-state index contributed by atoms with van der Waals surface area (Å²) < 4.78 is 0. The molecule has 0 aliphatic carbocycles. The molecular formula is C14H24N4S. The predicted octanol–water partition coefficient (Wildman–Crippen LogP) is 2.96. The Hall–Kier alpha value is -1.23. The van der Waals surface area contributed by atoms with Crippen LogP contribution in [0.15, 0.2) is 0 Å². The lowest BCUT2D eigenvalue weighted by atomic mass is 10.00. The zero-order chi connectivity index (χ0) is 14.6. The van der Waals surface area contributed by atoms with Gasteiger partial charge in [0, 0.05) is 6.04 Å². The van der Waals surface area contributed by atoms with E-state index in [1.165, 1.54) is 6.42 Å². The molecule has 1 rings (SSSR count). The maximum atomic E-state index is 5.81. The summed E-state index contributed by atoms with van der Waals surface area (Å²) in [4.78, 5) is 0.369. The molecule has 0 bridgehead atoms. The fourth-order valence-electron chi connectivity index (χ4n) is 2.07. The molecule has 0 fully saturated rings. The molecule has 19 heavy (non-hydrogen) atoms. The lowest BCUT2D eigenvalue weighted by Crippen LogP contribution is -2.24. The molecule has 1 heterocycles. The number of hydrogen-bond donors (Lipinski definition) is 2. The van der Waals surface area contributed by atoms with Crippen LogP contribution in [0.1, 0.15) is 50.4 Å². The van der Waals surface area contributed by atoms with Crippen LogP contribution in [0.2, 0.25) is 0 Å². The maximum Gasteiger partial charge on any atom is 0.159 e. The monoisotopic (exact) mass is 280 g/mol. The normalized spacial score (nSPS) is 13.9. The van der Waals surface area contributed by atoms with Gasteiger partial charge in [0.1, 0.15) is 4.99 Å². The van der Waals surface area contributed by atoms with Crippen LogP contribution in [0, 0.1) is 19.8 Å². The van der Waals surface area contributed by atoms with E-state index in [4.69, 9.17) is 18.0 Å². The minimum atomic E-state index is 0.319. The minimum Gasteiger partial charge on any atom is -0.389 e. The van der Waals surface area contributed by atoms with Crippen LogP contribution in [0.3, 0.4) is 0 Å². The second-order valence-corrected chi connectivity index (χ2v) is 5.73. The topological polar surface area (TPSA) is 63.8 Å². The van der Waals surface area contributed by atoms with Gasteiger partial charge >= 0.3 is 0 Å². The smallest absolute Gasteiger partial charge is 0.159 e. The summed E-state index contributed by atoms with van der Waals surface area (Å²) in [6, 6.07) is 0.319. The van der Waals surface area contributed by atoms with Crippen molar-refractivity contribution in [3.05, 3.63) is 16.8 Å². The van der Waals surface area contributed by atoms with Crippen molar-refractivity contribution in [3.63, 3.8) is 0 Å². The molecule has 0 aromatic carbocycles. The Morgan fingerprint density at radius 3 is 2.47 bits per heavy atom. The molecule has 2 unspecified atom stereocenters. The Bertz CT molecular complexity index is 459. The molecule has 0 radical (unpaired) electrons. The summed E-state index contributed by atoms with van der Waals surface area (Å²) in [5.41, 5.74) is 8.49. The maximum absolute atomic E-state index is 5.81. The highest BCUT2D eigenvalue weighted by atomic mass is 32.1. The van der Waals surface area contributed by atoms with Crippen LogP contribution in [-0.4, -0.2) is 21.2 Å². The average Bonchev–Trinajstić information content (AvgIpc) is 2.33. The van der Waals surface area contributed by atoms with Gasteiger partial charge in [0.25, 0.3) is 0 Å². The predicted molar refractivity (Wildman–Crippen MR) is 84.6 cm³/mol. The van der Waals surface area contributed by atoms with Crippen molar-refractivity contribution in [2.75, 3.05) is 5.32 Å². The summed E-state index contributed by atoms with van der Waals surface area (Å²) >= 11 is 5.13. The molecule has 5 heteroatoms. The zero-order valence-electron chi connectivity index (χ0n) is 12.4. The second-order valence-electron chi connectivity index (χ2n) is 5.29. The molecule has 0 spiro atoms. The number of nitrogens with zero attached hydrogens (tertiary/aromatic N) is 2. The van der Waals surface area contributed by atoms with Gasteiger partial charge in [-0.3, -0.25) is 0 Å². The fourth-order valence-corrected chi connectivity index (χ4v) is 2.32. The molecule has 2 atom stereocenters. The average molecular weight is 280 g/mol. The van der Waals surface area contributed by atoms with Crippen LogP contribution in [-0.2, 0) is 0 Å². The molecule has 0 aliphatic rings. The summed E-state index contributed by atoms with van der Waals surface area (Å²) in [5, 5.41) is 11.7. The summed E-state index contributed by atoms with van der Waals surface area (Å²) in [6.45, 7) is 10.5. The van der Waals surface area contributed by atoms with Gasteiger partial charge in [-0.05, 0) is 38.7 Å². The van der Waals surface area contributed by atoms with Crippen molar-refractivity contribution >= 4 is 23.0 Å². The van der Waals surface area contributed by atoms with Crippen molar-refractivity contribution in [1.29, 1.82) is 0 Å². The van der Waals surface area contributed by atoms with Crippen molar-refractivity contribution in [2.24, 2.45) is 11.7 Å². The van der Waals surface area contributed by atoms with Crippen LogP contribution in [0.4, 0.5) is 5.82 Å². The Morgan fingerprint density at radius 2 is 1.95 bits per heavy atom. The minimum absolute atomic E-state index is 0.319. The highest BCUT2D eigenvalue weighted by molar-refractivity contribution is 7.80. The summed E-state index contributed by atoms with van der Waals surface area (Å²) in [7, 11) is 0. The summed E-state index contributed by atoms with van der Waals surface area (Å²) in [5.74, 6) is 1.38. The van der Waals surface area contributed by atoms with E-state index in [0.717, 1.165) is 23.2 Å². The number of aryl methyl sites for hydroxylation is 1. The van der Waals surface area contributed by atoms with E-state index in [1.807, 2.05) is 13.8 Å². The van der Waals surface area contributed by atoms with Gasteiger partial charge in [0.2, 0.25) is 0 Å². The molecule has 0 amide bonds. The van der Waals surface area contributed by atoms with Gasteiger partial charge in [-0.15, -0.1) is 5.10 Å². The first-order valence-corrected chi connectivity index (χ1v) is 7.17. The van der Waals surface area contributed by atoms with E-state index in [2.05, 4.69) is 36.3 Å². The first-order valence-electron chi connectivity index (χ1n) is 6.77. The van der Waals surface area contributed by atoms with E-state index in [-0.39, 0.29) is 0 Å². The third-order valence-corrected chi connectivity index (χ3v) is 3.74. The zero-order valence-corrected chi connectivity index (χ0v) is 13.3. The van der Waals surface area contributed by atoms with Crippen LogP contribution in [0.25, 0.3) is 0 Å². The van der Waals surface area contributed by atoms with Gasteiger partial charge in [0.15, 0.2) is 5.82 Å². The van der Waals surface area contributed by atoms with Crippen molar-refractivity contribution in [2.45, 2.75) is 53.5 Å². The Morgan fingerprint density at radius 1 is 1.32 bits per heavy atom. The second kappa shape index (κ2) is 6.80. The first kappa shape index (κ1) is 15.8. The fraction of sp³-hybridized carbons (Fsp3) is 0.643. The van der Waals surface area contributed by atoms with Crippen molar-refractivity contribution < 1.29 is 0 Å². The van der Waals surface area contributed by atoms with Gasteiger partial charge in [-0.1, -0.05) is 32.5 Å². The quantitative estimate of drug-likeness (QED) is 0.784. The first-order chi connectivity index (χ1) is 8.86. The Labute approximate surface area is 121 Å². The standard InChI is InChI=1S/C14H24N4S/c1-6-8(2)7-9(3)16-14-12(13(15)19)10(4)11(5)17-18-14/h8-9H,6-7H2,1-5H3,(H2,15,19)(H,16,18). The molecular weight excluding hydrogens is 256 g/mol. The third-order valence-electron chi connectivity index (χ3n) is 3.54. The van der Waals surface area contributed by atoms with Crippen molar-refractivity contribution in [3.8, 4) is 0 Å². The highest BCUT2D eigenvalue weighted by Crippen LogP contribution is 2.20. The number of aromatic nitrogens is 2. The number of rotatable bonds is 6.